The summed E-state index contributed by atoms with van der Waals surface area (Å²) in [5, 5.41) is 2.59. The molecule has 6 heteroatoms. The molecule has 0 unspecified atom stereocenters. The number of hydrogen-bond acceptors (Lipinski definition) is 5. The van der Waals surface area contributed by atoms with E-state index in [-0.39, 0.29) is 0 Å². The highest BCUT2D eigenvalue weighted by molar-refractivity contribution is 5.81. The van der Waals surface area contributed by atoms with E-state index in [2.05, 4.69) is 12.2 Å². The van der Waals surface area contributed by atoms with Crippen molar-refractivity contribution in [2.45, 2.75) is 97.1 Å². The fraction of sp³-hybridized carbons (Fsp3) is 0.680. The van der Waals surface area contributed by atoms with Crippen molar-refractivity contribution in [1.29, 1.82) is 0 Å². The molecule has 176 valence electrons. The molecule has 0 saturated heterocycles. The second-order valence-corrected chi connectivity index (χ2v) is 8.89. The maximum absolute atomic E-state index is 12.1. The summed E-state index contributed by atoms with van der Waals surface area (Å²) in [4.78, 5) is 24.1. The van der Waals surface area contributed by atoms with Crippen LogP contribution < -0.4 is 10.1 Å². The molecule has 0 fully saturated rings. The summed E-state index contributed by atoms with van der Waals surface area (Å²) < 4.78 is 15.9. The molecular formula is C25H41NO5. The quantitative estimate of drug-likeness (QED) is 0.295. The SMILES string of the molecule is CCCCCCCCCCOc1ccc(C[C@H](NC(=O)OC(C)(C)C)C(=O)OC)cc1. The molecule has 1 atom stereocenters. The fourth-order valence-corrected chi connectivity index (χ4v) is 3.17. The molecule has 0 aliphatic carbocycles. The maximum Gasteiger partial charge on any atom is 0.408 e. The van der Waals surface area contributed by atoms with Crippen LogP contribution in [0.1, 0.15) is 84.6 Å². The molecular weight excluding hydrogens is 394 g/mol. The van der Waals surface area contributed by atoms with Crippen molar-refractivity contribution in [3.63, 3.8) is 0 Å². The standard InChI is InChI=1S/C25H41NO5/c1-6-7-8-9-10-11-12-13-18-30-21-16-14-20(15-17-21)19-22(23(27)29-5)26-24(28)31-25(2,3)4/h14-17,22H,6-13,18-19H2,1-5H3,(H,26,28)/t22-/m0/s1. The van der Waals surface area contributed by atoms with Gasteiger partial charge in [-0.1, -0.05) is 64.0 Å². The van der Waals surface area contributed by atoms with E-state index in [1.807, 2.05) is 24.3 Å². The van der Waals surface area contributed by atoms with Crippen molar-refractivity contribution >= 4 is 12.1 Å². The second kappa shape index (κ2) is 14.7. The smallest absolute Gasteiger partial charge is 0.408 e. The summed E-state index contributed by atoms with van der Waals surface area (Å²) in [5.74, 6) is 0.294. The zero-order chi connectivity index (χ0) is 23.1. The second-order valence-electron chi connectivity index (χ2n) is 8.89. The topological polar surface area (TPSA) is 73.9 Å². The normalized spacial score (nSPS) is 12.2. The molecule has 1 rings (SSSR count). The molecule has 6 nitrogen and oxygen atoms in total. The molecule has 1 aromatic rings. The number of methoxy groups -OCH3 is 1. The molecule has 1 N–H and O–H groups in total. The fourth-order valence-electron chi connectivity index (χ4n) is 3.17. The number of esters is 1. The van der Waals surface area contributed by atoms with Crippen LogP contribution in [-0.2, 0) is 20.7 Å². The van der Waals surface area contributed by atoms with E-state index in [0.717, 1.165) is 17.7 Å². The van der Waals surface area contributed by atoms with Crippen LogP contribution in [0, 0.1) is 0 Å². The van der Waals surface area contributed by atoms with E-state index >= 15 is 0 Å². The summed E-state index contributed by atoms with van der Waals surface area (Å²) in [7, 11) is 1.30. The van der Waals surface area contributed by atoms with E-state index in [1.165, 1.54) is 52.1 Å². The molecule has 0 spiro atoms. The Morgan fingerprint density at radius 2 is 1.52 bits per heavy atom. The van der Waals surface area contributed by atoms with Gasteiger partial charge in [0.1, 0.15) is 17.4 Å². The lowest BCUT2D eigenvalue weighted by Crippen LogP contribution is -2.45. The first-order valence-corrected chi connectivity index (χ1v) is 11.5. The van der Waals surface area contributed by atoms with E-state index < -0.39 is 23.7 Å². The van der Waals surface area contributed by atoms with Gasteiger partial charge in [-0.15, -0.1) is 0 Å². The van der Waals surface area contributed by atoms with E-state index in [0.29, 0.717) is 13.0 Å². The minimum Gasteiger partial charge on any atom is -0.494 e. The van der Waals surface area contributed by atoms with Gasteiger partial charge in [-0.3, -0.25) is 0 Å². The van der Waals surface area contributed by atoms with Crippen LogP contribution in [0.15, 0.2) is 24.3 Å². The van der Waals surface area contributed by atoms with E-state index in [4.69, 9.17) is 14.2 Å². The van der Waals surface area contributed by atoms with Gasteiger partial charge in [0.2, 0.25) is 0 Å². The van der Waals surface area contributed by atoms with E-state index in [1.54, 1.807) is 20.8 Å². The molecule has 1 amide bonds. The van der Waals surface area contributed by atoms with Gasteiger partial charge in [-0.05, 0) is 44.9 Å². The third-order valence-corrected chi connectivity index (χ3v) is 4.81. The molecule has 0 aliphatic heterocycles. The first kappa shape index (κ1) is 26.8. The number of amides is 1. The van der Waals surface area contributed by atoms with Gasteiger partial charge >= 0.3 is 12.1 Å². The molecule has 0 radical (unpaired) electrons. The lowest BCUT2D eigenvalue weighted by Gasteiger charge is -2.22. The minimum atomic E-state index is -0.816. The van der Waals surface area contributed by atoms with Crippen molar-refractivity contribution in [1.82, 2.24) is 5.32 Å². The Morgan fingerprint density at radius 3 is 2.06 bits per heavy atom. The average Bonchev–Trinajstić information content (AvgIpc) is 2.71. The van der Waals surface area contributed by atoms with E-state index in [9.17, 15) is 9.59 Å². The van der Waals surface area contributed by atoms with Crippen LogP contribution in [-0.4, -0.2) is 37.4 Å². The van der Waals surface area contributed by atoms with Crippen LogP contribution in [0.4, 0.5) is 4.79 Å². The van der Waals surface area contributed by atoms with Crippen LogP contribution in [0.3, 0.4) is 0 Å². The molecule has 0 bridgehead atoms. The lowest BCUT2D eigenvalue weighted by molar-refractivity contribution is -0.143. The van der Waals surface area contributed by atoms with Gasteiger partial charge in [-0.25, -0.2) is 9.59 Å². The van der Waals surface area contributed by atoms with Crippen molar-refractivity contribution < 1.29 is 23.8 Å². The lowest BCUT2D eigenvalue weighted by atomic mass is 10.1. The van der Waals surface area contributed by atoms with Crippen LogP contribution in [0.25, 0.3) is 0 Å². The maximum atomic E-state index is 12.1. The zero-order valence-electron chi connectivity index (χ0n) is 20.0. The van der Waals surface area contributed by atoms with Crippen molar-refractivity contribution in [2.75, 3.05) is 13.7 Å². The summed E-state index contributed by atoms with van der Waals surface area (Å²) in [6, 6.07) is 6.76. The number of hydrogen-bond donors (Lipinski definition) is 1. The molecule has 0 saturated carbocycles. The summed E-state index contributed by atoms with van der Waals surface area (Å²) in [6.07, 6.45) is 9.82. The van der Waals surface area contributed by atoms with Crippen LogP contribution >= 0.6 is 0 Å². The van der Waals surface area contributed by atoms with Crippen molar-refractivity contribution in [3.05, 3.63) is 29.8 Å². The Labute approximate surface area is 188 Å². The molecule has 1 aromatic carbocycles. The largest absolute Gasteiger partial charge is 0.494 e. The first-order valence-electron chi connectivity index (χ1n) is 11.5. The van der Waals surface area contributed by atoms with Gasteiger partial charge in [0.15, 0.2) is 0 Å². The summed E-state index contributed by atoms with van der Waals surface area (Å²) in [5.41, 5.74) is 0.254. The van der Waals surface area contributed by atoms with Crippen molar-refractivity contribution in [3.8, 4) is 5.75 Å². The van der Waals surface area contributed by atoms with Gasteiger partial charge in [0.05, 0.1) is 13.7 Å². The van der Waals surface area contributed by atoms with Gasteiger partial charge in [0.25, 0.3) is 0 Å². The van der Waals surface area contributed by atoms with Gasteiger partial charge in [-0.2, -0.15) is 0 Å². The highest BCUT2D eigenvalue weighted by Gasteiger charge is 2.25. The highest BCUT2D eigenvalue weighted by Crippen LogP contribution is 2.16. The Bertz CT molecular complexity index is 636. The Balaban J connectivity index is 2.40. The predicted octanol–water partition coefficient (Wildman–Crippen LogP) is 5.81. The number of nitrogens with one attached hydrogen (secondary N) is 1. The Hall–Kier alpha value is -2.24. The number of carbonyl (C=O) groups is 2. The van der Waals surface area contributed by atoms with Crippen LogP contribution in [0.2, 0.25) is 0 Å². The summed E-state index contributed by atoms with van der Waals surface area (Å²) in [6.45, 7) is 8.26. The average molecular weight is 436 g/mol. The third-order valence-electron chi connectivity index (χ3n) is 4.81. The minimum absolute atomic E-state index is 0.310. The monoisotopic (exact) mass is 435 g/mol. The van der Waals surface area contributed by atoms with Gasteiger partial charge < -0.3 is 19.5 Å². The number of rotatable bonds is 14. The van der Waals surface area contributed by atoms with Crippen molar-refractivity contribution in [2.24, 2.45) is 0 Å². The predicted molar refractivity (Wildman–Crippen MR) is 123 cm³/mol. The number of carbonyl (C=O) groups excluding carboxylic acids is 2. The van der Waals surface area contributed by atoms with Gasteiger partial charge in [0, 0.05) is 6.42 Å². The molecule has 0 aromatic heterocycles. The van der Waals surface area contributed by atoms with Crippen LogP contribution in [0.5, 0.6) is 5.75 Å². The number of alkyl carbamates (subject to hydrolysis) is 1. The third kappa shape index (κ3) is 12.9. The molecule has 0 aliphatic rings. The molecule has 0 heterocycles. The Kier molecular flexibility index (Phi) is 12.7. The highest BCUT2D eigenvalue weighted by atomic mass is 16.6. The number of benzene rings is 1. The number of unbranched alkanes of at least 4 members (excludes halogenated alkanes) is 7. The Morgan fingerprint density at radius 1 is 0.935 bits per heavy atom. The zero-order valence-corrected chi connectivity index (χ0v) is 20.0. The first-order chi connectivity index (χ1) is 14.7. The number of ether oxygens (including phenoxy) is 3. The molecule has 31 heavy (non-hydrogen) atoms. The summed E-state index contributed by atoms with van der Waals surface area (Å²) >= 11 is 0.